The first-order valence-corrected chi connectivity index (χ1v) is 8.84. The van der Waals surface area contributed by atoms with Crippen molar-refractivity contribution in [3.8, 4) is 5.75 Å². The Morgan fingerprint density at radius 2 is 2.09 bits per heavy atom. The molecule has 1 aromatic heterocycles. The zero-order valence-corrected chi connectivity index (χ0v) is 13.6. The molecule has 1 atom stereocenters. The van der Waals surface area contributed by atoms with E-state index in [1.807, 2.05) is 24.3 Å². The molecule has 3 rings (SSSR count). The van der Waals surface area contributed by atoms with Gasteiger partial charge < -0.3 is 9.47 Å². The fourth-order valence-electron chi connectivity index (χ4n) is 2.50. The average molecular weight is 337 g/mol. The Hall–Kier alpha value is -1.90. The SMILES string of the molecule is COc1ccc(Cc2cn(CC3CCO3)nc2S(N)(=O)=O)cc1. The molecule has 2 aromatic rings. The Kier molecular flexibility index (Phi) is 4.38. The van der Waals surface area contributed by atoms with E-state index >= 15 is 0 Å². The van der Waals surface area contributed by atoms with Gasteiger partial charge in [0, 0.05) is 24.8 Å². The van der Waals surface area contributed by atoms with Crippen molar-refractivity contribution >= 4 is 10.0 Å². The summed E-state index contributed by atoms with van der Waals surface area (Å²) < 4.78 is 35.6. The lowest BCUT2D eigenvalue weighted by Gasteiger charge is -2.25. The molecule has 23 heavy (non-hydrogen) atoms. The maximum Gasteiger partial charge on any atom is 0.257 e. The number of ether oxygens (including phenoxy) is 2. The third-order valence-corrected chi connectivity index (χ3v) is 4.69. The lowest BCUT2D eigenvalue weighted by atomic mass is 10.1. The molecular formula is C15H19N3O4S. The number of aromatic nitrogens is 2. The van der Waals surface area contributed by atoms with E-state index in [1.165, 1.54) is 0 Å². The van der Waals surface area contributed by atoms with Crippen LogP contribution in [-0.4, -0.2) is 38.0 Å². The minimum Gasteiger partial charge on any atom is -0.497 e. The van der Waals surface area contributed by atoms with Crippen LogP contribution in [0.3, 0.4) is 0 Å². The summed E-state index contributed by atoms with van der Waals surface area (Å²) in [6.07, 6.45) is 3.21. The molecule has 1 aromatic carbocycles. The Balaban J connectivity index is 1.85. The number of rotatable bonds is 6. The van der Waals surface area contributed by atoms with Crippen LogP contribution in [0, 0.1) is 0 Å². The zero-order chi connectivity index (χ0) is 16.4. The third-order valence-electron chi connectivity index (χ3n) is 3.81. The number of hydrogen-bond donors (Lipinski definition) is 1. The Labute approximate surface area is 135 Å². The van der Waals surface area contributed by atoms with Gasteiger partial charge in [0.2, 0.25) is 0 Å². The average Bonchev–Trinajstić information content (AvgIpc) is 2.87. The van der Waals surface area contributed by atoms with Crippen molar-refractivity contribution < 1.29 is 17.9 Å². The van der Waals surface area contributed by atoms with E-state index in [2.05, 4.69) is 5.10 Å². The van der Waals surface area contributed by atoms with Crippen LogP contribution >= 0.6 is 0 Å². The quantitative estimate of drug-likeness (QED) is 0.845. The van der Waals surface area contributed by atoms with Gasteiger partial charge in [0.05, 0.1) is 19.8 Å². The highest BCUT2D eigenvalue weighted by molar-refractivity contribution is 7.89. The number of methoxy groups -OCH3 is 1. The lowest BCUT2D eigenvalue weighted by molar-refractivity contribution is -0.0610. The molecule has 124 valence electrons. The minimum absolute atomic E-state index is 0.0763. The highest BCUT2D eigenvalue weighted by atomic mass is 32.2. The van der Waals surface area contributed by atoms with Crippen LogP contribution in [-0.2, 0) is 27.7 Å². The summed E-state index contributed by atoms with van der Waals surface area (Å²) in [5.74, 6) is 0.748. The van der Waals surface area contributed by atoms with Crippen LogP contribution in [0.25, 0.3) is 0 Å². The Morgan fingerprint density at radius 1 is 1.39 bits per heavy atom. The van der Waals surface area contributed by atoms with Crippen molar-refractivity contribution in [2.24, 2.45) is 5.14 Å². The molecular weight excluding hydrogens is 318 g/mol. The molecule has 1 saturated heterocycles. The van der Waals surface area contributed by atoms with Crippen molar-refractivity contribution in [1.82, 2.24) is 9.78 Å². The van der Waals surface area contributed by atoms with Crippen LogP contribution in [0.5, 0.6) is 5.75 Å². The van der Waals surface area contributed by atoms with Gasteiger partial charge in [-0.3, -0.25) is 4.68 Å². The summed E-state index contributed by atoms with van der Waals surface area (Å²) in [5, 5.41) is 9.35. The van der Waals surface area contributed by atoms with Crippen LogP contribution in [0.15, 0.2) is 35.5 Å². The van der Waals surface area contributed by atoms with Gasteiger partial charge in [-0.15, -0.1) is 0 Å². The topological polar surface area (TPSA) is 96.4 Å². The first kappa shape index (κ1) is 16.0. The Bertz CT molecular complexity index is 780. The second-order valence-electron chi connectivity index (χ2n) is 5.53. The van der Waals surface area contributed by atoms with Crippen LogP contribution in [0.4, 0.5) is 0 Å². The molecule has 2 heterocycles. The van der Waals surface area contributed by atoms with Crippen LogP contribution in [0.1, 0.15) is 17.5 Å². The normalized spacial score (nSPS) is 17.7. The smallest absolute Gasteiger partial charge is 0.257 e. The highest BCUT2D eigenvalue weighted by Crippen LogP contribution is 2.20. The van der Waals surface area contributed by atoms with Gasteiger partial charge in [-0.2, -0.15) is 5.10 Å². The van der Waals surface area contributed by atoms with Gasteiger partial charge in [0.15, 0.2) is 5.03 Å². The monoisotopic (exact) mass is 337 g/mol. The standard InChI is InChI=1S/C15H19N3O4S/c1-21-13-4-2-11(3-5-13)8-12-9-18(10-14-6-7-22-14)17-15(12)23(16,19)20/h2-5,9,14H,6-8,10H2,1H3,(H2,16,19,20). The number of nitrogens with two attached hydrogens (primary N) is 1. The Morgan fingerprint density at radius 3 is 2.61 bits per heavy atom. The van der Waals surface area contributed by atoms with E-state index in [4.69, 9.17) is 14.6 Å². The van der Waals surface area contributed by atoms with Crippen molar-refractivity contribution in [3.63, 3.8) is 0 Å². The summed E-state index contributed by atoms with van der Waals surface area (Å²) in [6, 6.07) is 7.44. The van der Waals surface area contributed by atoms with Crippen molar-refractivity contribution in [2.75, 3.05) is 13.7 Å². The number of benzene rings is 1. The molecule has 0 spiro atoms. The zero-order valence-electron chi connectivity index (χ0n) is 12.8. The van der Waals surface area contributed by atoms with E-state index in [0.717, 1.165) is 24.3 Å². The molecule has 0 amide bonds. The van der Waals surface area contributed by atoms with Gasteiger partial charge in [0.25, 0.3) is 10.0 Å². The first-order valence-electron chi connectivity index (χ1n) is 7.29. The number of sulfonamides is 1. The van der Waals surface area contributed by atoms with Crippen LogP contribution in [0.2, 0.25) is 0 Å². The second-order valence-corrected chi connectivity index (χ2v) is 7.01. The summed E-state index contributed by atoms with van der Waals surface area (Å²) in [5.41, 5.74) is 1.53. The number of hydrogen-bond acceptors (Lipinski definition) is 5. The summed E-state index contributed by atoms with van der Waals surface area (Å²) in [7, 11) is -2.27. The van der Waals surface area contributed by atoms with Gasteiger partial charge in [-0.1, -0.05) is 12.1 Å². The van der Waals surface area contributed by atoms with E-state index in [0.29, 0.717) is 18.5 Å². The molecule has 1 aliphatic rings. The molecule has 1 unspecified atom stereocenters. The van der Waals surface area contributed by atoms with Gasteiger partial charge in [-0.25, -0.2) is 13.6 Å². The number of primary sulfonamides is 1. The maximum absolute atomic E-state index is 11.8. The van der Waals surface area contributed by atoms with E-state index < -0.39 is 10.0 Å². The van der Waals surface area contributed by atoms with E-state index in [1.54, 1.807) is 18.0 Å². The van der Waals surface area contributed by atoms with E-state index in [9.17, 15) is 8.42 Å². The lowest BCUT2D eigenvalue weighted by Crippen LogP contribution is -2.31. The molecule has 0 bridgehead atoms. The third kappa shape index (κ3) is 3.72. The molecule has 1 fully saturated rings. The predicted molar refractivity (Wildman–Crippen MR) is 83.8 cm³/mol. The molecule has 7 nitrogen and oxygen atoms in total. The minimum atomic E-state index is -3.87. The molecule has 0 saturated carbocycles. The molecule has 8 heteroatoms. The van der Waals surface area contributed by atoms with E-state index in [-0.39, 0.29) is 11.1 Å². The van der Waals surface area contributed by atoms with Crippen molar-refractivity contribution in [3.05, 3.63) is 41.6 Å². The number of nitrogens with zero attached hydrogens (tertiary/aromatic N) is 2. The first-order chi connectivity index (χ1) is 11.0. The van der Waals surface area contributed by atoms with Gasteiger partial charge in [0.1, 0.15) is 5.75 Å². The highest BCUT2D eigenvalue weighted by Gasteiger charge is 2.23. The fraction of sp³-hybridized carbons (Fsp3) is 0.400. The molecule has 2 N–H and O–H groups in total. The molecule has 0 aliphatic carbocycles. The summed E-state index contributed by atoms with van der Waals surface area (Å²) in [6.45, 7) is 1.28. The molecule has 1 aliphatic heterocycles. The summed E-state index contributed by atoms with van der Waals surface area (Å²) >= 11 is 0. The molecule has 0 radical (unpaired) electrons. The largest absolute Gasteiger partial charge is 0.497 e. The summed E-state index contributed by atoms with van der Waals surface area (Å²) in [4.78, 5) is 0. The van der Waals surface area contributed by atoms with Gasteiger partial charge in [-0.05, 0) is 24.1 Å². The second kappa shape index (κ2) is 6.31. The maximum atomic E-state index is 11.8. The van der Waals surface area contributed by atoms with Crippen LogP contribution < -0.4 is 9.88 Å². The predicted octanol–water partition coefficient (Wildman–Crippen LogP) is 0.919. The van der Waals surface area contributed by atoms with Gasteiger partial charge >= 0.3 is 0 Å². The fourth-order valence-corrected chi connectivity index (χ4v) is 3.21. The van der Waals surface area contributed by atoms with Crippen molar-refractivity contribution in [1.29, 1.82) is 0 Å². The van der Waals surface area contributed by atoms with Crippen molar-refractivity contribution in [2.45, 2.75) is 30.5 Å².